The minimum Gasteiger partial charge on any atom is -0.394 e. The van der Waals surface area contributed by atoms with Crippen LogP contribution in [0, 0.1) is 0 Å². The third kappa shape index (κ3) is 2.15. The minimum atomic E-state index is -0.894. The van der Waals surface area contributed by atoms with Gasteiger partial charge in [0, 0.05) is 24.1 Å². The highest BCUT2D eigenvalue weighted by atomic mass is 16.3. The number of aliphatic hydroxyl groups is 1. The summed E-state index contributed by atoms with van der Waals surface area (Å²) < 4.78 is 1.93. The molecule has 1 heterocycles. The molecule has 1 aromatic heterocycles. The van der Waals surface area contributed by atoms with E-state index in [0.717, 1.165) is 10.9 Å². The molecule has 1 unspecified atom stereocenters. The Balaban J connectivity index is 2.34. The summed E-state index contributed by atoms with van der Waals surface area (Å²) in [6, 6.07) is 6.85. The molecule has 2 aromatic rings. The quantitative estimate of drug-likeness (QED) is 0.719. The third-order valence-corrected chi connectivity index (χ3v) is 2.69. The number of amides is 1. The van der Waals surface area contributed by atoms with Gasteiger partial charge in [0.2, 0.25) is 5.91 Å². The first kappa shape index (κ1) is 11.6. The Morgan fingerprint density at radius 3 is 2.94 bits per heavy atom. The van der Waals surface area contributed by atoms with E-state index in [9.17, 15) is 4.79 Å². The molecule has 0 saturated heterocycles. The zero-order valence-electron chi connectivity index (χ0n) is 9.55. The molecule has 90 valence electrons. The van der Waals surface area contributed by atoms with E-state index < -0.39 is 6.04 Å². The zero-order chi connectivity index (χ0) is 12.4. The Morgan fingerprint density at radius 1 is 1.53 bits per heavy atom. The summed E-state index contributed by atoms with van der Waals surface area (Å²) in [4.78, 5) is 11.6. The lowest BCUT2D eigenvalue weighted by Crippen LogP contribution is -2.38. The second kappa shape index (κ2) is 4.57. The number of carbonyl (C=O) groups is 1. The van der Waals surface area contributed by atoms with Gasteiger partial charge in [-0.05, 0) is 6.07 Å². The van der Waals surface area contributed by atoms with Gasteiger partial charge in [0.1, 0.15) is 6.04 Å². The van der Waals surface area contributed by atoms with Crippen molar-refractivity contribution in [2.24, 2.45) is 12.8 Å². The lowest BCUT2D eigenvalue weighted by molar-refractivity contribution is -0.118. The molecule has 0 spiro atoms. The van der Waals surface area contributed by atoms with Crippen LogP contribution in [0.5, 0.6) is 0 Å². The van der Waals surface area contributed by atoms with Crippen LogP contribution in [0.25, 0.3) is 10.9 Å². The molecule has 4 N–H and O–H groups in total. The number of aliphatic hydroxyl groups excluding tert-OH is 1. The Morgan fingerprint density at radius 2 is 2.24 bits per heavy atom. The van der Waals surface area contributed by atoms with Gasteiger partial charge in [-0.25, -0.2) is 0 Å². The smallest absolute Gasteiger partial charge is 0.243 e. The van der Waals surface area contributed by atoms with E-state index in [2.05, 4.69) is 5.32 Å². The first-order chi connectivity index (χ1) is 8.13. The predicted molar refractivity (Wildman–Crippen MR) is 66.6 cm³/mol. The van der Waals surface area contributed by atoms with Crippen molar-refractivity contribution in [1.29, 1.82) is 0 Å². The summed E-state index contributed by atoms with van der Waals surface area (Å²) in [5, 5.41) is 12.5. The van der Waals surface area contributed by atoms with Crippen molar-refractivity contribution in [3.05, 3.63) is 30.5 Å². The van der Waals surface area contributed by atoms with Gasteiger partial charge in [-0.15, -0.1) is 0 Å². The van der Waals surface area contributed by atoms with Crippen LogP contribution in [-0.4, -0.2) is 28.2 Å². The monoisotopic (exact) mass is 233 g/mol. The zero-order valence-corrected chi connectivity index (χ0v) is 9.55. The summed E-state index contributed by atoms with van der Waals surface area (Å²) in [5.41, 5.74) is 7.18. The fourth-order valence-electron chi connectivity index (χ4n) is 1.75. The summed E-state index contributed by atoms with van der Waals surface area (Å²) in [6.45, 7) is -0.364. The van der Waals surface area contributed by atoms with Crippen LogP contribution in [0.15, 0.2) is 30.5 Å². The molecule has 0 aliphatic carbocycles. The van der Waals surface area contributed by atoms with Crippen LogP contribution < -0.4 is 11.1 Å². The Bertz CT molecular complexity index is 548. The summed E-state index contributed by atoms with van der Waals surface area (Å²) in [5.74, 6) is -0.385. The van der Waals surface area contributed by atoms with Crippen molar-refractivity contribution in [2.75, 3.05) is 11.9 Å². The van der Waals surface area contributed by atoms with Crippen molar-refractivity contribution < 1.29 is 9.90 Å². The van der Waals surface area contributed by atoms with E-state index in [1.807, 2.05) is 42.1 Å². The first-order valence-electron chi connectivity index (χ1n) is 5.35. The molecular weight excluding hydrogens is 218 g/mol. The van der Waals surface area contributed by atoms with Gasteiger partial charge >= 0.3 is 0 Å². The molecule has 0 fully saturated rings. The number of nitrogens with zero attached hydrogens (tertiary/aromatic N) is 1. The normalized spacial score (nSPS) is 12.6. The van der Waals surface area contributed by atoms with Gasteiger partial charge in [0.05, 0.1) is 12.3 Å². The number of rotatable bonds is 3. The van der Waals surface area contributed by atoms with Crippen molar-refractivity contribution in [3.8, 4) is 0 Å². The fourth-order valence-corrected chi connectivity index (χ4v) is 1.75. The number of anilines is 1. The molecular formula is C12H15N3O2. The van der Waals surface area contributed by atoms with Crippen LogP contribution in [0.3, 0.4) is 0 Å². The van der Waals surface area contributed by atoms with Gasteiger partial charge in [-0.3, -0.25) is 4.79 Å². The number of aryl methyl sites for hydroxylation is 1. The van der Waals surface area contributed by atoms with Crippen molar-refractivity contribution in [3.63, 3.8) is 0 Å². The highest BCUT2D eigenvalue weighted by Gasteiger charge is 2.14. The fraction of sp³-hybridized carbons (Fsp3) is 0.250. The van der Waals surface area contributed by atoms with Crippen LogP contribution in [0.4, 0.5) is 5.69 Å². The van der Waals surface area contributed by atoms with Crippen LogP contribution in [0.1, 0.15) is 0 Å². The second-order valence-electron chi connectivity index (χ2n) is 3.95. The van der Waals surface area contributed by atoms with E-state index in [4.69, 9.17) is 10.8 Å². The standard InChI is InChI=1S/C12H15N3O2/c1-15-6-10(14-12(17)9(13)7-16)8-4-2-3-5-11(8)15/h2-6,9,16H,7,13H2,1H3,(H,14,17). The molecule has 1 atom stereocenters. The number of hydrogen-bond donors (Lipinski definition) is 3. The molecule has 1 aromatic carbocycles. The summed E-state index contributed by atoms with van der Waals surface area (Å²) in [7, 11) is 1.91. The summed E-state index contributed by atoms with van der Waals surface area (Å²) in [6.07, 6.45) is 1.83. The van der Waals surface area contributed by atoms with Gasteiger partial charge in [-0.2, -0.15) is 0 Å². The maximum atomic E-state index is 11.6. The molecule has 0 aliphatic heterocycles. The SMILES string of the molecule is Cn1cc(NC(=O)C(N)CO)c2ccccc21. The Hall–Kier alpha value is -1.85. The predicted octanol–water partition coefficient (Wildman–Crippen LogP) is 0.436. The highest BCUT2D eigenvalue weighted by molar-refractivity contribution is 6.03. The lowest BCUT2D eigenvalue weighted by Gasteiger charge is -2.08. The van der Waals surface area contributed by atoms with Gasteiger partial charge in [0.15, 0.2) is 0 Å². The van der Waals surface area contributed by atoms with Gasteiger partial charge in [-0.1, -0.05) is 18.2 Å². The van der Waals surface area contributed by atoms with Crippen LogP contribution in [-0.2, 0) is 11.8 Å². The maximum absolute atomic E-state index is 11.6. The first-order valence-corrected chi connectivity index (χ1v) is 5.35. The molecule has 2 rings (SSSR count). The summed E-state index contributed by atoms with van der Waals surface area (Å²) >= 11 is 0. The third-order valence-electron chi connectivity index (χ3n) is 2.69. The molecule has 17 heavy (non-hydrogen) atoms. The van der Waals surface area contributed by atoms with E-state index >= 15 is 0 Å². The molecule has 5 heteroatoms. The van der Waals surface area contributed by atoms with E-state index in [1.165, 1.54) is 0 Å². The highest BCUT2D eigenvalue weighted by Crippen LogP contribution is 2.24. The van der Waals surface area contributed by atoms with Gasteiger partial charge < -0.3 is 20.7 Å². The van der Waals surface area contributed by atoms with E-state index in [0.29, 0.717) is 5.69 Å². The van der Waals surface area contributed by atoms with Gasteiger partial charge in [0.25, 0.3) is 0 Å². The van der Waals surface area contributed by atoms with Crippen molar-refractivity contribution >= 4 is 22.5 Å². The molecule has 0 bridgehead atoms. The average molecular weight is 233 g/mol. The number of nitrogens with one attached hydrogen (secondary N) is 1. The number of para-hydroxylation sites is 1. The molecule has 0 saturated carbocycles. The largest absolute Gasteiger partial charge is 0.394 e. The van der Waals surface area contributed by atoms with E-state index in [-0.39, 0.29) is 12.5 Å². The lowest BCUT2D eigenvalue weighted by atomic mass is 10.2. The number of nitrogens with two attached hydrogens (primary N) is 1. The van der Waals surface area contributed by atoms with Crippen LogP contribution >= 0.6 is 0 Å². The number of benzene rings is 1. The second-order valence-corrected chi connectivity index (χ2v) is 3.95. The average Bonchev–Trinajstić information content (AvgIpc) is 2.66. The van der Waals surface area contributed by atoms with Crippen molar-refractivity contribution in [1.82, 2.24) is 4.57 Å². The van der Waals surface area contributed by atoms with Crippen LogP contribution in [0.2, 0.25) is 0 Å². The number of carbonyl (C=O) groups excluding carboxylic acids is 1. The Kier molecular flexibility index (Phi) is 3.12. The molecule has 5 nitrogen and oxygen atoms in total. The number of aromatic nitrogens is 1. The topological polar surface area (TPSA) is 80.3 Å². The Labute approximate surface area is 98.8 Å². The number of hydrogen-bond acceptors (Lipinski definition) is 3. The number of fused-ring (bicyclic) bond motifs is 1. The molecule has 1 amide bonds. The van der Waals surface area contributed by atoms with Crippen molar-refractivity contribution in [2.45, 2.75) is 6.04 Å². The maximum Gasteiger partial charge on any atom is 0.243 e. The molecule has 0 aliphatic rings. The molecule has 0 radical (unpaired) electrons. The van der Waals surface area contributed by atoms with E-state index in [1.54, 1.807) is 0 Å². The minimum absolute atomic E-state index is 0.364.